The fraction of sp³-hybridized carbons (Fsp3) is 0.250. The number of aromatic hydroxyl groups is 1. The molecular weight excluding hydrogens is 256 g/mol. The van der Waals surface area contributed by atoms with Crippen molar-refractivity contribution in [2.24, 2.45) is 0 Å². The van der Waals surface area contributed by atoms with Gasteiger partial charge in [0.2, 0.25) is 0 Å². The van der Waals surface area contributed by atoms with E-state index in [4.69, 9.17) is 9.47 Å². The van der Waals surface area contributed by atoms with Gasteiger partial charge in [-0.15, -0.1) is 0 Å². The first-order valence-corrected chi connectivity index (χ1v) is 6.48. The number of hydrogen-bond donors (Lipinski definition) is 2. The number of aliphatic hydroxyl groups is 1. The van der Waals surface area contributed by atoms with Crippen LogP contribution in [0.1, 0.15) is 17.2 Å². The fourth-order valence-electron chi connectivity index (χ4n) is 2.48. The number of phenols is 1. The zero-order valence-corrected chi connectivity index (χ0v) is 11.1. The van der Waals surface area contributed by atoms with Gasteiger partial charge in [0, 0.05) is 12.5 Å². The molecule has 4 nitrogen and oxygen atoms in total. The monoisotopic (exact) mass is 272 g/mol. The van der Waals surface area contributed by atoms with Crippen LogP contribution in [0, 0.1) is 0 Å². The predicted molar refractivity (Wildman–Crippen MR) is 74.2 cm³/mol. The van der Waals surface area contributed by atoms with E-state index in [1.165, 1.54) is 0 Å². The molecule has 0 fully saturated rings. The topological polar surface area (TPSA) is 58.9 Å². The number of rotatable bonds is 2. The van der Waals surface area contributed by atoms with Gasteiger partial charge in [-0.25, -0.2) is 0 Å². The second kappa shape index (κ2) is 5.06. The number of methoxy groups -OCH3 is 1. The third-order valence-electron chi connectivity index (χ3n) is 3.51. The molecule has 2 N–H and O–H groups in total. The first-order valence-electron chi connectivity index (χ1n) is 6.48. The summed E-state index contributed by atoms with van der Waals surface area (Å²) in [6.07, 6.45) is -0.612. The normalized spacial score (nSPS) is 20.9. The van der Waals surface area contributed by atoms with Crippen LogP contribution in [-0.2, 0) is 6.42 Å². The minimum Gasteiger partial charge on any atom is -0.508 e. The maximum atomic E-state index is 10.2. The standard InChI is InChI=1S/C16H16O4/c1-19-13-6-5-10-8-14(18)16(20-15(10)9-13)11-3-2-4-12(17)7-11/h2-7,9,14,16-18H,8H2,1H3/t14-,16-/m1/s1. The molecule has 20 heavy (non-hydrogen) atoms. The zero-order chi connectivity index (χ0) is 14.1. The van der Waals surface area contributed by atoms with E-state index in [1.54, 1.807) is 25.3 Å². The summed E-state index contributed by atoms with van der Waals surface area (Å²) in [6, 6.07) is 12.3. The van der Waals surface area contributed by atoms with Crippen molar-refractivity contribution in [3.63, 3.8) is 0 Å². The summed E-state index contributed by atoms with van der Waals surface area (Å²) in [5.74, 6) is 1.59. The lowest BCUT2D eigenvalue weighted by Gasteiger charge is -2.31. The maximum Gasteiger partial charge on any atom is 0.150 e. The van der Waals surface area contributed by atoms with Crippen molar-refractivity contribution < 1.29 is 19.7 Å². The average molecular weight is 272 g/mol. The van der Waals surface area contributed by atoms with Crippen LogP contribution in [0.2, 0.25) is 0 Å². The molecule has 0 radical (unpaired) electrons. The quantitative estimate of drug-likeness (QED) is 0.881. The second-order valence-electron chi connectivity index (χ2n) is 4.88. The Bertz CT molecular complexity index is 624. The fourth-order valence-corrected chi connectivity index (χ4v) is 2.48. The summed E-state index contributed by atoms with van der Waals surface area (Å²) in [7, 11) is 1.60. The molecule has 0 bridgehead atoms. The summed E-state index contributed by atoms with van der Waals surface area (Å²) in [4.78, 5) is 0. The highest BCUT2D eigenvalue weighted by molar-refractivity contribution is 5.44. The van der Waals surface area contributed by atoms with Crippen LogP contribution in [-0.4, -0.2) is 23.4 Å². The lowest BCUT2D eigenvalue weighted by molar-refractivity contribution is 0.0205. The van der Waals surface area contributed by atoms with Crippen LogP contribution in [0.3, 0.4) is 0 Å². The van der Waals surface area contributed by atoms with Gasteiger partial charge >= 0.3 is 0 Å². The summed E-state index contributed by atoms with van der Waals surface area (Å²) >= 11 is 0. The molecule has 0 saturated carbocycles. The maximum absolute atomic E-state index is 10.2. The molecule has 1 aliphatic rings. The molecule has 104 valence electrons. The average Bonchev–Trinajstić information content (AvgIpc) is 2.46. The van der Waals surface area contributed by atoms with Gasteiger partial charge in [-0.3, -0.25) is 0 Å². The highest BCUT2D eigenvalue weighted by Crippen LogP contribution is 2.37. The Hall–Kier alpha value is -2.20. The molecule has 4 heteroatoms. The van der Waals surface area contributed by atoms with Crippen molar-refractivity contribution in [2.75, 3.05) is 7.11 Å². The Kier molecular flexibility index (Phi) is 3.24. The van der Waals surface area contributed by atoms with Gasteiger partial charge in [0.25, 0.3) is 0 Å². The van der Waals surface area contributed by atoms with Crippen molar-refractivity contribution in [3.05, 3.63) is 53.6 Å². The lowest BCUT2D eigenvalue weighted by Crippen LogP contribution is -2.30. The van der Waals surface area contributed by atoms with E-state index in [9.17, 15) is 10.2 Å². The molecular formula is C16H16O4. The zero-order valence-electron chi connectivity index (χ0n) is 11.1. The van der Waals surface area contributed by atoms with Crippen molar-refractivity contribution in [1.29, 1.82) is 0 Å². The minimum absolute atomic E-state index is 0.162. The van der Waals surface area contributed by atoms with Gasteiger partial charge in [0.05, 0.1) is 13.2 Å². The Balaban J connectivity index is 1.95. The summed E-state index contributed by atoms with van der Waals surface area (Å²) in [5, 5.41) is 19.8. The van der Waals surface area contributed by atoms with Crippen molar-refractivity contribution in [1.82, 2.24) is 0 Å². The van der Waals surface area contributed by atoms with Crippen LogP contribution in [0.4, 0.5) is 0 Å². The summed E-state index contributed by atoms with van der Waals surface area (Å²) in [5.41, 5.74) is 1.71. The molecule has 0 unspecified atom stereocenters. The molecule has 0 amide bonds. The third-order valence-corrected chi connectivity index (χ3v) is 3.51. The molecule has 0 aliphatic carbocycles. The summed E-state index contributed by atoms with van der Waals surface area (Å²) < 4.78 is 11.1. The van der Waals surface area contributed by atoms with E-state index in [0.29, 0.717) is 12.2 Å². The Morgan fingerprint density at radius 2 is 2.05 bits per heavy atom. The van der Waals surface area contributed by atoms with Gasteiger partial charge < -0.3 is 19.7 Å². The Morgan fingerprint density at radius 1 is 1.20 bits per heavy atom. The molecule has 0 saturated heterocycles. The summed E-state index contributed by atoms with van der Waals surface area (Å²) in [6.45, 7) is 0. The van der Waals surface area contributed by atoms with Gasteiger partial charge in [-0.05, 0) is 29.3 Å². The third kappa shape index (κ3) is 2.30. The first kappa shape index (κ1) is 12.8. The molecule has 0 spiro atoms. The largest absolute Gasteiger partial charge is 0.508 e. The number of fused-ring (bicyclic) bond motifs is 1. The van der Waals surface area contributed by atoms with Crippen molar-refractivity contribution in [3.8, 4) is 17.2 Å². The Labute approximate surface area is 117 Å². The van der Waals surface area contributed by atoms with E-state index in [0.717, 1.165) is 16.9 Å². The lowest BCUT2D eigenvalue weighted by atomic mass is 9.94. The molecule has 1 aliphatic heterocycles. The van der Waals surface area contributed by atoms with Gasteiger partial charge in [-0.2, -0.15) is 0 Å². The van der Waals surface area contributed by atoms with Crippen molar-refractivity contribution >= 4 is 0 Å². The SMILES string of the molecule is COc1ccc2c(c1)O[C@H](c1cccc(O)c1)[C@H](O)C2. The van der Waals surface area contributed by atoms with Crippen molar-refractivity contribution in [2.45, 2.75) is 18.6 Å². The molecule has 1 heterocycles. The number of aliphatic hydroxyl groups excluding tert-OH is 1. The Morgan fingerprint density at radius 3 is 2.80 bits per heavy atom. The number of phenolic OH excluding ortho intramolecular Hbond substituents is 1. The van der Waals surface area contributed by atoms with E-state index in [2.05, 4.69) is 0 Å². The predicted octanol–water partition coefficient (Wildman–Crippen LogP) is 2.44. The molecule has 0 aromatic heterocycles. The minimum atomic E-state index is -0.641. The van der Waals surface area contributed by atoms with E-state index >= 15 is 0 Å². The molecule has 2 aromatic rings. The number of benzene rings is 2. The van der Waals surface area contributed by atoms with Crippen LogP contribution < -0.4 is 9.47 Å². The van der Waals surface area contributed by atoms with E-state index in [-0.39, 0.29) is 5.75 Å². The van der Waals surface area contributed by atoms with Crippen LogP contribution in [0.15, 0.2) is 42.5 Å². The van der Waals surface area contributed by atoms with Crippen LogP contribution >= 0.6 is 0 Å². The van der Waals surface area contributed by atoms with Crippen LogP contribution in [0.25, 0.3) is 0 Å². The molecule has 3 rings (SSSR count). The molecule has 2 aromatic carbocycles. The van der Waals surface area contributed by atoms with Crippen LogP contribution in [0.5, 0.6) is 17.2 Å². The van der Waals surface area contributed by atoms with E-state index < -0.39 is 12.2 Å². The number of hydrogen-bond acceptors (Lipinski definition) is 4. The smallest absolute Gasteiger partial charge is 0.150 e. The van der Waals surface area contributed by atoms with Gasteiger partial charge in [0.15, 0.2) is 0 Å². The number of ether oxygens (including phenoxy) is 2. The molecule has 2 atom stereocenters. The second-order valence-corrected chi connectivity index (χ2v) is 4.88. The van der Waals surface area contributed by atoms with Gasteiger partial charge in [-0.1, -0.05) is 18.2 Å². The van der Waals surface area contributed by atoms with E-state index in [1.807, 2.05) is 24.3 Å². The highest BCUT2D eigenvalue weighted by atomic mass is 16.5. The highest BCUT2D eigenvalue weighted by Gasteiger charge is 2.30. The van der Waals surface area contributed by atoms with Gasteiger partial charge in [0.1, 0.15) is 23.4 Å². The first-order chi connectivity index (χ1) is 9.67.